The fourth-order valence-corrected chi connectivity index (χ4v) is 0.277. The molecule has 0 aliphatic rings. The molecule has 1 nitrogen and oxygen atoms in total. The van der Waals surface area contributed by atoms with E-state index in [2.05, 4.69) is 11.2 Å². The molecule has 7 heavy (non-hydrogen) atoms. The minimum absolute atomic E-state index is 0. The van der Waals surface area contributed by atoms with Crippen LogP contribution in [-0.4, -0.2) is 4.98 Å². The van der Waals surface area contributed by atoms with Gasteiger partial charge in [0.25, 0.3) is 0 Å². The van der Waals surface area contributed by atoms with Crippen molar-refractivity contribution in [3.8, 4) is 0 Å². The number of aromatic nitrogens is 1. The number of pyridine rings is 1. The molecule has 1 heterocycles. The van der Waals surface area contributed by atoms with Gasteiger partial charge < -0.3 is 4.98 Å². The molecular weight excluding hydrogens is 266 g/mol. The largest absolute Gasteiger partial charge is 0.394 e. The van der Waals surface area contributed by atoms with E-state index in [1.807, 2.05) is 12.1 Å². The molecule has 1 radical (unpaired) electrons. The third kappa shape index (κ3) is 2.49. The maximum absolute atomic E-state index is 3.66. The average molecular weight is 270 g/mol. The Balaban J connectivity index is 0.000000360. The quantitative estimate of drug-likeness (QED) is 0.638. The van der Waals surface area contributed by atoms with Gasteiger partial charge in [-0.25, -0.2) is 0 Å². The Hall–Kier alpha value is -0.201. The van der Waals surface area contributed by atoms with Crippen molar-refractivity contribution in [1.29, 1.82) is 0 Å². The van der Waals surface area contributed by atoms with Crippen LogP contribution in [0.5, 0.6) is 0 Å². The Morgan fingerprint density at radius 1 is 1.29 bits per heavy atom. The summed E-state index contributed by atoms with van der Waals surface area (Å²) in [7, 11) is 0. The van der Waals surface area contributed by atoms with Crippen molar-refractivity contribution in [1.82, 2.24) is 4.98 Å². The van der Waals surface area contributed by atoms with E-state index in [1.165, 1.54) is 0 Å². The van der Waals surface area contributed by atoms with Crippen molar-refractivity contribution < 1.29 is 20.1 Å². The zero-order valence-electron chi connectivity index (χ0n) is 3.59. The maximum Gasteiger partial charge on any atom is 0 e. The van der Waals surface area contributed by atoms with E-state index in [9.17, 15) is 0 Å². The summed E-state index contributed by atoms with van der Waals surface area (Å²) in [5.41, 5.74) is 0. The van der Waals surface area contributed by atoms with Crippen molar-refractivity contribution in [3.63, 3.8) is 0 Å². The SMILES string of the molecule is [Ir].[c-]1ccccn1. The van der Waals surface area contributed by atoms with Gasteiger partial charge >= 0.3 is 0 Å². The van der Waals surface area contributed by atoms with Gasteiger partial charge in [0.1, 0.15) is 0 Å². The summed E-state index contributed by atoms with van der Waals surface area (Å²) in [6.45, 7) is 0. The maximum atomic E-state index is 3.66. The molecule has 0 aliphatic carbocycles. The van der Waals surface area contributed by atoms with Gasteiger partial charge in [-0.2, -0.15) is 18.2 Å². The molecule has 0 N–H and O–H groups in total. The smallest absolute Gasteiger partial charge is 0 e. The van der Waals surface area contributed by atoms with Gasteiger partial charge in [-0.15, -0.1) is 0 Å². The fraction of sp³-hybridized carbons (Fsp3) is 0. The second kappa shape index (κ2) is 3.97. The molecule has 0 spiro atoms. The third-order valence-electron chi connectivity index (χ3n) is 0.517. The van der Waals surface area contributed by atoms with Gasteiger partial charge in [0.05, 0.1) is 0 Å². The van der Waals surface area contributed by atoms with E-state index in [-0.39, 0.29) is 20.1 Å². The summed E-state index contributed by atoms with van der Waals surface area (Å²) >= 11 is 0. The molecule has 0 saturated heterocycles. The van der Waals surface area contributed by atoms with Crippen LogP contribution < -0.4 is 0 Å². The third-order valence-corrected chi connectivity index (χ3v) is 0.517. The van der Waals surface area contributed by atoms with Crippen molar-refractivity contribution in [3.05, 3.63) is 30.6 Å². The minimum atomic E-state index is 0. The normalized spacial score (nSPS) is 6.86. The first kappa shape index (κ1) is 6.80. The molecule has 0 bridgehead atoms. The van der Waals surface area contributed by atoms with Gasteiger partial charge in [-0.3, -0.25) is 0 Å². The van der Waals surface area contributed by atoms with Gasteiger partial charge in [0, 0.05) is 20.1 Å². The van der Waals surface area contributed by atoms with Crippen LogP contribution in [-0.2, 0) is 20.1 Å². The van der Waals surface area contributed by atoms with E-state index < -0.39 is 0 Å². The van der Waals surface area contributed by atoms with E-state index in [0.29, 0.717) is 0 Å². The number of hydrogen-bond donors (Lipinski definition) is 0. The Bertz CT molecular complexity index is 80.0. The van der Waals surface area contributed by atoms with Crippen LogP contribution in [0.15, 0.2) is 24.4 Å². The fourth-order valence-electron chi connectivity index (χ4n) is 0.277. The van der Waals surface area contributed by atoms with Crippen LogP contribution in [0.25, 0.3) is 0 Å². The molecule has 0 atom stereocenters. The predicted octanol–water partition coefficient (Wildman–Crippen LogP) is 0.879. The number of hydrogen-bond acceptors (Lipinski definition) is 1. The number of rotatable bonds is 0. The molecule has 0 aliphatic heterocycles. The van der Waals surface area contributed by atoms with Crippen LogP contribution >= 0.6 is 0 Å². The first-order valence-corrected chi connectivity index (χ1v) is 1.77. The average Bonchev–Trinajstić information content (AvgIpc) is 1.72. The van der Waals surface area contributed by atoms with Crippen LogP contribution in [0.2, 0.25) is 0 Å². The second-order valence-corrected chi connectivity index (χ2v) is 0.959. The van der Waals surface area contributed by atoms with Crippen molar-refractivity contribution >= 4 is 0 Å². The molecule has 0 saturated carbocycles. The summed E-state index contributed by atoms with van der Waals surface area (Å²) in [6, 6.07) is 5.50. The summed E-state index contributed by atoms with van der Waals surface area (Å²) in [6.07, 6.45) is 4.34. The zero-order chi connectivity index (χ0) is 4.24. The zero-order valence-corrected chi connectivity index (χ0v) is 5.99. The summed E-state index contributed by atoms with van der Waals surface area (Å²) < 4.78 is 0. The monoisotopic (exact) mass is 271 g/mol. The minimum Gasteiger partial charge on any atom is -0.394 e. The van der Waals surface area contributed by atoms with Crippen LogP contribution in [0.3, 0.4) is 0 Å². The van der Waals surface area contributed by atoms with E-state index in [4.69, 9.17) is 0 Å². The summed E-state index contributed by atoms with van der Waals surface area (Å²) in [5, 5.41) is 0. The molecule has 1 rings (SSSR count). The molecule has 0 unspecified atom stereocenters. The first-order valence-electron chi connectivity index (χ1n) is 1.77. The molecule has 0 aromatic carbocycles. The van der Waals surface area contributed by atoms with E-state index in [1.54, 1.807) is 12.3 Å². The standard InChI is InChI=1S/C5H4N.Ir/c1-2-4-6-5-3-1;/h1-4H;/q-1;. The first-order chi connectivity index (χ1) is 3.00. The van der Waals surface area contributed by atoms with Crippen molar-refractivity contribution in [2.75, 3.05) is 0 Å². The van der Waals surface area contributed by atoms with Gasteiger partial charge in [-0.1, -0.05) is 12.4 Å². The van der Waals surface area contributed by atoms with E-state index >= 15 is 0 Å². The van der Waals surface area contributed by atoms with Crippen molar-refractivity contribution in [2.24, 2.45) is 0 Å². The summed E-state index contributed by atoms with van der Waals surface area (Å²) in [5.74, 6) is 0. The van der Waals surface area contributed by atoms with Gasteiger partial charge in [0.15, 0.2) is 0 Å². The van der Waals surface area contributed by atoms with Gasteiger partial charge in [0.2, 0.25) is 0 Å². The van der Waals surface area contributed by atoms with Crippen LogP contribution in [0.4, 0.5) is 0 Å². The van der Waals surface area contributed by atoms with Gasteiger partial charge in [-0.05, 0) is 0 Å². The molecule has 2 heteroatoms. The molecule has 1 aromatic rings. The Morgan fingerprint density at radius 2 is 2.14 bits per heavy atom. The molecule has 39 valence electrons. The predicted molar refractivity (Wildman–Crippen MR) is 23.1 cm³/mol. The Kier molecular flexibility index (Phi) is 3.86. The topological polar surface area (TPSA) is 12.9 Å². The Labute approximate surface area is 56.1 Å². The van der Waals surface area contributed by atoms with Crippen LogP contribution in [0.1, 0.15) is 0 Å². The molecule has 1 aromatic heterocycles. The molecule has 0 fully saturated rings. The summed E-state index contributed by atoms with van der Waals surface area (Å²) in [4.78, 5) is 3.66. The Morgan fingerprint density at radius 3 is 2.29 bits per heavy atom. The second-order valence-electron chi connectivity index (χ2n) is 0.959. The van der Waals surface area contributed by atoms with Crippen LogP contribution in [0, 0.1) is 6.20 Å². The van der Waals surface area contributed by atoms with Crippen molar-refractivity contribution in [2.45, 2.75) is 0 Å². The molecule has 0 amide bonds. The molecular formula is C5H4IrN-. The van der Waals surface area contributed by atoms with E-state index in [0.717, 1.165) is 0 Å². The number of nitrogens with zero attached hydrogens (tertiary/aromatic N) is 1.